The number of hydrogen-bond acceptors (Lipinski definition) is 5. The molecule has 1 aliphatic heterocycles. The third kappa shape index (κ3) is 4.00. The molecule has 3 rings (SSSR count). The van der Waals surface area contributed by atoms with Gasteiger partial charge in [0, 0.05) is 23.2 Å². The normalized spacial score (nSPS) is 15.9. The maximum atomic E-state index is 12.4. The summed E-state index contributed by atoms with van der Waals surface area (Å²) in [5, 5.41) is 9.42. The van der Waals surface area contributed by atoms with Gasteiger partial charge in [-0.15, -0.1) is 0 Å². The Kier molecular flexibility index (Phi) is 5.50. The number of benzene rings is 1. The number of nitrogens with zero attached hydrogens (tertiary/aromatic N) is 1. The van der Waals surface area contributed by atoms with E-state index in [2.05, 4.69) is 0 Å². The van der Waals surface area contributed by atoms with Gasteiger partial charge < -0.3 is 9.52 Å². The highest BCUT2D eigenvalue weighted by atomic mass is 35.5. The highest BCUT2D eigenvalue weighted by Gasteiger charge is 2.32. The summed E-state index contributed by atoms with van der Waals surface area (Å²) in [6.07, 6.45) is 1.46. The van der Waals surface area contributed by atoms with E-state index in [1.807, 2.05) is 25.1 Å². The summed E-state index contributed by atoms with van der Waals surface area (Å²) in [6.45, 7) is 1.98. The molecule has 1 fully saturated rings. The largest absolute Gasteiger partial charge is 0.481 e. The van der Waals surface area contributed by atoms with E-state index in [0.29, 0.717) is 25.8 Å². The molecule has 26 heavy (non-hydrogen) atoms. The summed E-state index contributed by atoms with van der Waals surface area (Å²) in [5.41, 5.74) is 1.82. The van der Waals surface area contributed by atoms with E-state index in [4.69, 9.17) is 33.3 Å². The topological polar surface area (TPSA) is 70.8 Å². The van der Waals surface area contributed by atoms with Gasteiger partial charge in [0.25, 0.3) is 5.91 Å². The van der Waals surface area contributed by atoms with Crippen molar-refractivity contribution < 1.29 is 19.1 Å². The lowest BCUT2D eigenvalue weighted by molar-refractivity contribution is -0.137. The molecule has 1 aromatic carbocycles. The van der Waals surface area contributed by atoms with Gasteiger partial charge in [-0.05, 0) is 30.7 Å². The van der Waals surface area contributed by atoms with Crippen molar-refractivity contribution in [2.24, 2.45) is 0 Å². The fourth-order valence-electron chi connectivity index (χ4n) is 2.36. The van der Waals surface area contributed by atoms with Crippen molar-refractivity contribution in [1.82, 2.24) is 4.90 Å². The van der Waals surface area contributed by atoms with Gasteiger partial charge in [0.15, 0.2) is 0 Å². The lowest BCUT2D eigenvalue weighted by atomic mass is 10.1. The second-order valence-electron chi connectivity index (χ2n) is 5.64. The first-order valence-corrected chi connectivity index (χ1v) is 9.29. The summed E-state index contributed by atoms with van der Waals surface area (Å²) < 4.78 is 6.13. The Hall–Kier alpha value is -2.09. The Bertz CT molecular complexity index is 935. The van der Waals surface area contributed by atoms with E-state index >= 15 is 0 Å². The van der Waals surface area contributed by atoms with Gasteiger partial charge in [0.2, 0.25) is 0 Å². The van der Waals surface area contributed by atoms with E-state index in [1.165, 1.54) is 4.90 Å². The molecule has 2 heterocycles. The molecule has 0 radical (unpaired) electrons. The van der Waals surface area contributed by atoms with Crippen LogP contribution in [0.1, 0.15) is 17.7 Å². The van der Waals surface area contributed by atoms with Crippen LogP contribution in [0.25, 0.3) is 17.4 Å². The first-order chi connectivity index (χ1) is 12.3. The number of carbonyl (C=O) groups is 2. The van der Waals surface area contributed by atoms with Crippen LogP contribution in [0.4, 0.5) is 0 Å². The number of furan rings is 1. The lowest BCUT2D eigenvalue weighted by Crippen LogP contribution is -2.30. The molecule has 1 aliphatic rings. The number of halogens is 1. The average molecular weight is 408 g/mol. The first-order valence-electron chi connectivity index (χ1n) is 7.68. The van der Waals surface area contributed by atoms with E-state index in [1.54, 1.807) is 18.2 Å². The van der Waals surface area contributed by atoms with Crippen LogP contribution in [-0.2, 0) is 9.59 Å². The third-order valence-corrected chi connectivity index (χ3v) is 5.56. The molecule has 1 amide bonds. The van der Waals surface area contributed by atoms with E-state index in [0.717, 1.165) is 22.9 Å². The number of thiocarbonyl (C=S) groups is 1. The van der Waals surface area contributed by atoms with Crippen molar-refractivity contribution >= 4 is 57.9 Å². The van der Waals surface area contributed by atoms with Crippen LogP contribution in [0, 0.1) is 6.92 Å². The molecule has 1 N–H and O–H groups in total. The highest BCUT2D eigenvalue weighted by Crippen LogP contribution is 2.34. The van der Waals surface area contributed by atoms with Crippen molar-refractivity contribution in [2.45, 2.75) is 13.3 Å². The maximum absolute atomic E-state index is 12.4. The number of carboxylic acids is 1. The predicted molar refractivity (Wildman–Crippen MR) is 106 cm³/mol. The molecule has 0 unspecified atom stereocenters. The third-order valence-electron chi connectivity index (χ3n) is 3.78. The molecule has 134 valence electrons. The SMILES string of the molecule is Cc1ccc(-c2ccc(/C=C3\SC(=S)N(CCC(=O)O)C3=O)o2)cc1Cl. The molecule has 1 aromatic heterocycles. The Morgan fingerprint density at radius 2 is 2.15 bits per heavy atom. The molecule has 2 aromatic rings. The molecule has 8 heteroatoms. The molecular formula is C18H14ClNO4S2. The standard InChI is InChI=1S/C18H14ClNO4S2/c1-10-2-3-11(8-13(10)19)14-5-4-12(24-14)9-15-17(23)20(18(25)26-15)7-6-16(21)22/h2-5,8-9H,6-7H2,1H3,(H,21,22)/b15-9-. The zero-order valence-corrected chi connectivity index (χ0v) is 16.1. The summed E-state index contributed by atoms with van der Waals surface area (Å²) >= 11 is 12.4. The molecule has 1 saturated heterocycles. The van der Waals surface area contributed by atoms with Crippen molar-refractivity contribution in [2.75, 3.05) is 6.54 Å². The average Bonchev–Trinajstić information content (AvgIpc) is 3.14. The molecule has 0 bridgehead atoms. The van der Waals surface area contributed by atoms with Gasteiger partial charge in [-0.25, -0.2) is 0 Å². The van der Waals surface area contributed by atoms with E-state index in [9.17, 15) is 9.59 Å². The van der Waals surface area contributed by atoms with Crippen molar-refractivity contribution in [1.29, 1.82) is 0 Å². The van der Waals surface area contributed by atoms with Crippen LogP contribution >= 0.6 is 35.6 Å². The zero-order chi connectivity index (χ0) is 18.8. The second kappa shape index (κ2) is 7.65. The Labute approximate surface area is 164 Å². The Morgan fingerprint density at radius 3 is 2.85 bits per heavy atom. The van der Waals surface area contributed by atoms with Gasteiger partial charge in [0.1, 0.15) is 15.8 Å². The van der Waals surface area contributed by atoms with Gasteiger partial charge in [-0.3, -0.25) is 14.5 Å². The number of rotatable bonds is 5. The highest BCUT2D eigenvalue weighted by molar-refractivity contribution is 8.26. The minimum absolute atomic E-state index is 0.0581. The van der Waals surface area contributed by atoms with Crippen LogP contribution in [0.3, 0.4) is 0 Å². The summed E-state index contributed by atoms with van der Waals surface area (Å²) in [4.78, 5) is 24.8. The Morgan fingerprint density at radius 1 is 1.38 bits per heavy atom. The fraction of sp³-hybridized carbons (Fsp3) is 0.167. The zero-order valence-electron chi connectivity index (χ0n) is 13.7. The van der Waals surface area contributed by atoms with Gasteiger partial charge >= 0.3 is 5.97 Å². The summed E-state index contributed by atoms with van der Waals surface area (Å²) in [6, 6.07) is 9.21. The summed E-state index contributed by atoms with van der Waals surface area (Å²) in [5.74, 6) is -0.136. The monoisotopic (exact) mass is 407 g/mol. The van der Waals surface area contributed by atoms with Crippen LogP contribution in [0.5, 0.6) is 0 Å². The molecule has 5 nitrogen and oxygen atoms in total. The summed E-state index contributed by atoms with van der Waals surface area (Å²) in [7, 11) is 0. The number of aliphatic carboxylic acids is 1. The Balaban J connectivity index is 1.79. The number of carboxylic acid groups (broad SMARTS) is 1. The van der Waals surface area contributed by atoms with Crippen molar-refractivity contribution in [3.05, 3.63) is 51.6 Å². The molecule has 0 atom stereocenters. The number of hydrogen-bond donors (Lipinski definition) is 1. The number of carbonyl (C=O) groups excluding carboxylic acids is 1. The van der Waals surface area contributed by atoms with Crippen molar-refractivity contribution in [3.8, 4) is 11.3 Å². The van der Waals surface area contributed by atoms with Crippen LogP contribution in [0.2, 0.25) is 5.02 Å². The predicted octanol–water partition coefficient (Wildman–Crippen LogP) is 4.58. The molecule has 0 spiro atoms. The molecular weight excluding hydrogens is 394 g/mol. The smallest absolute Gasteiger partial charge is 0.305 e. The number of aryl methyl sites for hydroxylation is 1. The lowest BCUT2D eigenvalue weighted by Gasteiger charge is -2.12. The minimum Gasteiger partial charge on any atom is -0.481 e. The number of thioether (sulfide) groups is 1. The van der Waals surface area contributed by atoms with Gasteiger partial charge in [-0.2, -0.15) is 0 Å². The van der Waals surface area contributed by atoms with Crippen LogP contribution < -0.4 is 0 Å². The van der Waals surface area contributed by atoms with E-state index < -0.39 is 5.97 Å². The van der Waals surface area contributed by atoms with Crippen LogP contribution in [-0.4, -0.2) is 32.7 Å². The number of amides is 1. The first kappa shape index (κ1) is 18.7. The fourth-order valence-corrected chi connectivity index (χ4v) is 3.83. The molecule has 0 aliphatic carbocycles. The van der Waals surface area contributed by atoms with Gasteiger partial charge in [-0.1, -0.05) is 47.7 Å². The van der Waals surface area contributed by atoms with Crippen LogP contribution in [0.15, 0.2) is 39.7 Å². The quantitative estimate of drug-likeness (QED) is 0.577. The maximum Gasteiger partial charge on any atom is 0.305 e. The second-order valence-corrected chi connectivity index (χ2v) is 7.73. The van der Waals surface area contributed by atoms with Gasteiger partial charge in [0.05, 0.1) is 11.3 Å². The van der Waals surface area contributed by atoms with Crippen molar-refractivity contribution in [3.63, 3.8) is 0 Å². The minimum atomic E-state index is -0.976. The molecule has 0 saturated carbocycles. The van der Waals surface area contributed by atoms with E-state index in [-0.39, 0.29) is 18.9 Å².